The number of halogens is 1. The van der Waals surface area contributed by atoms with Crippen molar-refractivity contribution in [3.8, 4) is 0 Å². The summed E-state index contributed by atoms with van der Waals surface area (Å²) in [5.74, 6) is -0.124. The molecular weight excluding hydrogens is 248 g/mol. The van der Waals surface area contributed by atoms with Crippen molar-refractivity contribution in [3.05, 3.63) is 21.3 Å². The number of hydrogen-bond acceptors (Lipinski definition) is 3. The lowest BCUT2D eigenvalue weighted by Gasteiger charge is -2.23. The summed E-state index contributed by atoms with van der Waals surface area (Å²) in [5, 5.41) is 7.82. The minimum absolute atomic E-state index is 0.00312. The third-order valence-corrected chi connectivity index (χ3v) is 3.76. The second kappa shape index (κ2) is 4.84. The molecule has 0 aliphatic carbocycles. The van der Waals surface area contributed by atoms with Gasteiger partial charge in [-0.1, -0.05) is 11.6 Å². The predicted octanol–water partition coefficient (Wildman–Crippen LogP) is 1.41. The van der Waals surface area contributed by atoms with E-state index in [9.17, 15) is 9.59 Å². The Kier molecular flexibility index (Phi) is 3.46. The van der Waals surface area contributed by atoms with Crippen LogP contribution in [0.3, 0.4) is 0 Å². The standard InChI is InChI=1S/C10H11ClN2O2S/c11-7-3-4-16-9(7)10(15)13-6-1-2-8(14)12-5-6/h3-4,6H,1-2,5H2,(H,12,14)(H,13,15). The van der Waals surface area contributed by atoms with Gasteiger partial charge in [-0.25, -0.2) is 0 Å². The quantitative estimate of drug-likeness (QED) is 0.843. The van der Waals surface area contributed by atoms with Crippen LogP contribution < -0.4 is 10.6 Å². The van der Waals surface area contributed by atoms with Crippen LogP contribution in [-0.4, -0.2) is 24.4 Å². The molecule has 86 valence electrons. The van der Waals surface area contributed by atoms with E-state index in [1.165, 1.54) is 11.3 Å². The fraction of sp³-hybridized carbons (Fsp3) is 0.400. The minimum Gasteiger partial charge on any atom is -0.354 e. The second-order valence-corrected chi connectivity index (χ2v) is 4.93. The Labute approximate surface area is 102 Å². The summed E-state index contributed by atoms with van der Waals surface area (Å²) in [6.07, 6.45) is 1.14. The summed E-state index contributed by atoms with van der Waals surface area (Å²) in [6, 6.07) is 1.70. The molecule has 1 unspecified atom stereocenters. The largest absolute Gasteiger partial charge is 0.354 e. The molecule has 1 aromatic rings. The number of nitrogens with one attached hydrogen (secondary N) is 2. The lowest BCUT2D eigenvalue weighted by molar-refractivity contribution is -0.122. The first-order valence-electron chi connectivity index (χ1n) is 4.97. The average Bonchev–Trinajstić information content (AvgIpc) is 2.68. The van der Waals surface area contributed by atoms with Crippen LogP contribution >= 0.6 is 22.9 Å². The molecule has 1 aliphatic heterocycles. The second-order valence-electron chi connectivity index (χ2n) is 3.61. The van der Waals surface area contributed by atoms with Crippen molar-refractivity contribution < 1.29 is 9.59 Å². The summed E-state index contributed by atoms with van der Waals surface area (Å²) in [4.78, 5) is 23.2. The Hall–Kier alpha value is -1.07. The van der Waals surface area contributed by atoms with Gasteiger partial charge in [0.25, 0.3) is 5.91 Å². The van der Waals surface area contributed by atoms with Crippen molar-refractivity contribution in [1.29, 1.82) is 0 Å². The smallest absolute Gasteiger partial charge is 0.263 e. The van der Waals surface area contributed by atoms with Crippen molar-refractivity contribution >= 4 is 34.8 Å². The highest BCUT2D eigenvalue weighted by molar-refractivity contribution is 7.12. The van der Waals surface area contributed by atoms with Gasteiger partial charge in [0.15, 0.2) is 0 Å². The molecule has 0 aromatic carbocycles. The van der Waals surface area contributed by atoms with Crippen molar-refractivity contribution in [2.45, 2.75) is 18.9 Å². The number of rotatable bonds is 2. The van der Waals surface area contributed by atoms with E-state index in [1.807, 2.05) is 0 Å². The van der Waals surface area contributed by atoms with E-state index in [-0.39, 0.29) is 17.9 Å². The van der Waals surface area contributed by atoms with Gasteiger partial charge >= 0.3 is 0 Å². The Morgan fingerprint density at radius 1 is 1.62 bits per heavy atom. The van der Waals surface area contributed by atoms with E-state index in [1.54, 1.807) is 11.4 Å². The highest BCUT2D eigenvalue weighted by Crippen LogP contribution is 2.21. The highest BCUT2D eigenvalue weighted by atomic mass is 35.5. The summed E-state index contributed by atoms with van der Waals surface area (Å²) >= 11 is 7.17. The van der Waals surface area contributed by atoms with Gasteiger partial charge in [-0.2, -0.15) is 0 Å². The van der Waals surface area contributed by atoms with E-state index >= 15 is 0 Å². The summed E-state index contributed by atoms with van der Waals surface area (Å²) < 4.78 is 0. The Balaban J connectivity index is 1.93. The summed E-state index contributed by atoms with van der Waals surface area (Å²) in [7, 11) is 0. The van der Waals surface area contributed by atoms with Crippen LogP contribution in [0.25, 0.3) is 0 Å². The van der Waals surface area contributed by atoms with Crippen LogP contribution in [0.15, 0.2) is 11.4 Å². The molecule has 1 aromatic heterocycles. The molecule has 2 heterocycles. The van der Waals surface area contributed by atoms with E-state index in [2.05, 4.69) is 10.6 Å². The molecule has 1 aliphatic rings. The van der Waals surface area contributed by atoms with Gasteiger partial charge < -0.3 is 10.6 Å². The van der Waals surface area contributed by atoms with Crippen molar-refractivity contribution in [2.24, 2.45) is 0 Å². The van der Waals surface area contributed by atoms with Gasteiger partial charge in [0.05, 0.1) is 5.02 Å². The normalized spacial score (nSPS) is 20.3. The van der Waals surface area contributed by atoms with E-state index in [4.69, 9.17) is 11.6 Å². The van der Waals surface area contributed by atoms with Crippen LogP contribution in [0, 0.1) is 0 Å². The third kappa shape index (κ3) is 2.54. The molecule has 0 radical (unpaired) electrons. The van der Waals surface area contributed by atoms with Crippen LogP contribution in [0.5, 0.6) is 0 Å². The zero-order chi connectivity index (χ0) is 11.5. The molecule has 0 bridgehead atoms. The first-order chi connectivity index (χ1) is 7.66. The number of hydrogen-bond donors (Lipinski definition) is 2. The van der Waals surface area contributed by atoms with Crippen molar-refractivity contribution in [2.75, 3.05) is 6.54 Å². The number of thiophene rings is 1. The molecule has 16 heavy (non-hydrogen) atoms. The lowest BCUT2D eigenvalue weighted by atomic mass is 10.1. The van der Waals surface area contributed by atoms with E-state index in [0.29, 0.717) is 29.3 Å². The summed E-state index contributed by atoms with van der Waals surface area (Å²) in [5.41, 5.74) is 0. The Morgan fingerprint density at radius 3 is 3.00 bits per heavy atom. The maximum atomic E-state index is 11.8. The number of carbonyl (C=O) groups is 2. The monoisotopic (exact) mass is 258 g/mol. The molecule has 0 saturated carbocycles. The molecule has 2 N–H and O–H groups in total. The van der Waals surface area contributed by atoms with E-state index in [0.717, 1.165) is 0 Å². The maximum absolute atomic E-state index is 11.8. The van der Waals surface area contributed by atoms with Crippen LogP contribution in [0.1, 0.15) is 22.5 Å². The lowest BCUT2D eigenvalue weighted by Crippen LogP contribution is -2.47. The van der Waals surface area contributed by atoms with Crippen molar-refractivity contribution in [1.82, 2.24) is 10.6 Å². The molecule has 2 rings (SSSR count). The van der Waals surface area contributed by atoms with Crippen LogP contribution in [0.2, 0.25) is 5.02 Å². The van der Waals surface area contributed by atoms with Gasteiger partial charge in [0.2, 0.25) is 5.91 Å². The average molecular weight is 259 g/mol. The molecule has 6 heteroatoms. The van der Waals surface area contributed by atoms with Crippen molar-refractivity contribution in [3.63, 3.8) is 0 Å². The first kappa shape index (κ1) is 11.4. The van der Waals surface area contributed by atoms with E-state index < -0.39 is 0 Å². The number of carbonyl (C=O) groups excluding carboxylic acids is 2. The highest BCUT2D eigenvalue weighted by Gasteiger charge is 2.21. The Morgan fingerprint density at radius 2 is 2.44 bits per heavy atom. The minimum atomic E-state index is -0.166. The number of piperidine rings is 1. The topological polar surface area (TPSA) is 58.2 Å². The third-order valence-electron chi connectivity index (χ3n) is 2.42. The first-order valence-corrected chi connectivity index (χ1v) is 6.23. The van der Waals surface area contributed by atoms with Gasteiger partial charge in [-0.05, 0) is 17.9 Å². The zero-order valence-electron chi connectivity index (χ0n) is 8.46. The molecule has 1 fully saturated rings. The van der Waals surface area contributed by atoms with Crippen LogP contribution in [0.4, 0.5) is 0 Å². The molecule has 1 saturated heterocycles. The fourth-order valence-electron chi connectivity index (χ4n) is 1.56. The predicted molar refractivity (Wildman–Crippen MR) is 62.8 cm³/mol. The molecule has 4 nitrogen and oxygen atoms in total. The zero-order valence-corrected chi connectivity index (χ0v) is 10.0. The molecule has 0 spiro atoms. The molecule has 1 atom stereocenters. The maximum Gasteiger partial charge on any atom is 0.263 e. The van der Waals surface area contributed by atoms with Gasteiger partial charge in [-0.3, -0.25) is 9.59 Å². The Bertz CT molecular complexity index is 409. The molecular formula is C10H11ClN2O2S. The van der Waals surface area contributed by atoms with Gasteiger partial charge in [0.1, 0.15) is 4.88 Å². The van der Waals surface area contributed by atoms with Crippen LogP contribution in [-0.2, 0) is 4.79 Å². The summed E-state index contributed by atoms with van der Waals surface area (Å²) in [6.45, 7) is 0.494. The fourth-order valence-corrected chi connectivity index (χ4v) is 2.61. The van der Waals surface area contributed by atoms with Gasteiger partial charge in [-0.15, -0.1) is 11.3 Å². The SMILES string of the molecule is O=C1CCC(NC(=O)c2sccc2Cl)CN1. The van der Waals surface area contributed by atoms with Gasteiger partial charge in [0, 0.05) is 19.0 Å². The molecule has 2 amide bonds. The number of amides is 2.